The SMILES string of the molecule is O=C(NC[C@H]1CCC[C@H]1C(=O)NC(CO)C(=O)O)OCC1c2ccccc2-c2ccccc21. The van der Waals surface area contributed by atoms with Gasteiger partial charge in [-0.3, -0.25) is 4.79 Å². The fourth-order valence-electron chi connectivity index (χ4n) is 4.95. The van der Waals surface area contributed by atoms with Crippen LogP contribution in [0.4, 0.5) is 4.79 Å². The lowest BCUT2D eigenvalue weighted by atomic mass is 9.95. The second-order valence-corrected chi connectivity index (χ2v) is 8.59. The lowest BCUT2D eigenvalue weighted by Gasteiger charge is -2.21. The van der Waals surface area contributed by atoms with Crippen molar-refractivity contribution in [2.45, 2.75) is 31.2 Å². The molecule has 0 spiro atoms. The number of ether oxygens (including phenoxy) is 1. The average Bonchev–Trinajstić information content (AvgIpc) is 3.42. The van der Waals surface area contributed by atoms with E-state index in [1.54, 1.807) is 0 Å². The molecule has 2 aromatic rings. The number of hydrogen-bond acceptors (Lipinski definition) is 5. The standard InChI is InChI=1S/C25H28N2O6/c28-13-22(24(30)31)27-23(29)16-11-5-6-15(16)12-26-25(32)33-14-21-19-9-3-1-7-17(19)18-8-2-4-10-20(18)21/h1-4,7-10,15-16,21-22,28H,5-6,11-14H2,(H,26,32)(H,27,29)(H,30,31)/t15-,16-,22?/m1/s1. The van der Waals surface area contributed by atoms with E-state index in [2.05, 4.69) is 34.9 Å². The summed E-state index contributed by atoms with van der Waals surface area (Å²) < 4.78 is 5.55. The summed E-state index contributed by atoms with van der Waals surface area (Å²) >= 11 is 0. The predicted molar refractivity (Wildman–Crippen MR) is 121 cm³/mol. The van der Waals surface area contributed by atoms with Crippen LogP contribution in [0.2, 0.25) is 0 Å². The number of aliphatic hydroxyl groups excluding tert-OH is 1. The van der Waals surface area contributed by atoms with Gasteiger partial charge in [-0.2, -0.15) is 0 Å². The zero-order valence-electron chi connectivity index (χ0n) is 18.2. The van der Waals surface area contributed by atoms with Gasteiger partial charge in [-0.05, 0) is 41.0 Å². The minimum Gasteiger partial charge on any atom is -0.480 e. The van der Waals surface area contributed by atoms with Crippen LogP contribution >= 0.6 is 0 Å². The lowest BCUT2D eigenvalue weighted by molar-refractivity contribution is -0.143. The highest BCUT2D eigenvalue weighted by Gasteiger charge is 2.35. The van der Waals surface area contributed by atoms with Crippen molar-refractivity contribution in [3.8, 4) is 11.1 Å². The van der Waals surface area contributed by atoms with Gasteiger partial charge in [0.25, 0.3) is 0 Å². The quantitative estimate of drug-likeness (QED) is 0.488. The summed E-state index contributed by atoms with van der Waals surface area (Å²) in [7, 11) is 0. The van der Waals surface area contributed by atoms with Gasteiger partial charge in [0.2, 0.25) is 5.91 Å². The number of carbonyl (C=O) groups is 3. The monoisotopic (exact) mass is 452 g/mol. The Balaban J connectivity index is 1.31. The van der Waals surface area contributed by atoms with Gasteiger partial charge in [0.15, 0.2) is 0 Å². The molecule has 2 aromatic carbocycles. The van der Waals surface area contributed by atoms with Gasteiger partial charge in [0, 0.05) is 18.4 Å². The molecule has 4 rings (SSSR count). The maximum atomic E-state index is 12.5. The third kappa shape index (κ3) is 4.85. The number of nitrogens with one attached hydrogen (secondary N) is 2. The Bertz CT molecular complexity index is 994. The summed E-state index contributed by atoms with van der Waals surface area (Å²) in [5, 5.41) is 23.3. The smallest absolute Gasteiger partial charge is 0.407 e. The highest BCUT2D eigenvalue weighted by molar-refractivity contribution is 5.85. The summed E-state index contributed by atoms with van der Waals surface area (Å²) in [6, 6.07) is 14.9. The number of fused-ring (bicyclic) bond motifs is 3. The summed E-state index contributed by atoms with van der Waals surface area (Å²) in [5.74, 6) is -2.24. The number of rotatable bonds is 8. The normalized spacial score (nSPS) is 19.9. The Hall–Kier alpha value is -3.39. The van der Waals surface area contributed by atoms with Crippen molar-refractivity contribution in [3.05, 3.63) is 59.7 Å². The summed E-state index contributed by atoms with van der Waals surface area (Å²) in [6.07, 6.45) is 1.63. The molecule has 0 saturated heterocycles. The maximum absolute atomic E-state index is 12.5. The van der Waals surface area contributed by atoms with Crippen LogP contribution < -0.4 is 10.6 Å². The molecule has 1 fully saturated rings. The largest absolute Gasteiger partial charge is 0.480 e. The van der Waals surface area contributed by atoms with Gasteiger partial charge < -0.3 is 25.6 Å². The Morgan fingerprint density at radius 2 is 1.64 bits per heavy atom. The molecule has 8 heteroatoms. The molecule has 8 nitrogen and oxygen atoms in total. The molecule has 2 amide bonds. The molecule has 3 atom stereocenters. The molecule has 0 radical (unpaired) electrons. The summed E-state index contributed by atoms with van der Waals surface area (Å²) in [5.41, 5.74) is 4.58. The predicted octanol–water partition coefficient (Wildman–Crippen LogP) is 2.50. The van der Waals surface area contributed by atoms with Crippen molar-refractivity contribution < 1.29 is 29.3 Å². The third-order valence-electron chi connectivity index (χ3n) is 6.65. The summed E-state index contributed by atoms with van der Waals surface area (Å²) in [4.78, 5) is 36.0. The van der Waals surface area contributed by atoms with Crippen LogP contribution in [-0.2, 0) is 14.3 Å². The molecule has 2 aliphatic rings. The first-order chi connectivity index (χ1) is 16.0. The van der Waals surface area contributed by atoms with Gasteiger partial charge >= 0.3 is 12.1 Å². The Morgan fingerprint density at radius 1 is 1.00 bits per heavy atom. The van der Waals surface area contributed by atoms with Crippen molar-refractivity contribution in [1.82, 2.24) is 10.6 Å². The second kappa shape index (κ2) is 10.0. The van der Waals surface area contributed by atoms with E-state index < -0.39 is 36.5 Å². The maximum Gasteiger partial charge on any atom is 0.407 e. The number of carbonyl (C=O) groups excluding carboxylic acids is 2. The Labute approximate surface area is 192 Å². The summed E-state index contributed by atoms with van der Waals surface area (Å²) in [6.45, 7) is -0.187. The number of aliphatic hydroxyl groups is 1. The van der Waals surface area contributed by atoms with Gasteiger partial charge in [0.1, 0.15) is 12.6 Å². The first-order valence-electron chi connectivity index (χ1n) is 11.2. The van der Waals surface area contributed by atoms with Gasteiger partial charge in [-0.15, -0.1) is 0 Å². The van der Waals surface area contributed by atoms with Gasteiger partial charge in [0.05, 0.1) is 6.61 Å². The van der Waals surface area contributed by atoms with E-state index in [1.807, 2.05) is 24.3 Å². The van der Waals surface area contributed by atoms with Crippen molar-refractivity contribution in [2.75, 3.05) is 19.8 Å². The molecule has 2 aliphatic carbocycles. The fourth-order valence-corrected chi connectivity index (χ4v) is 4.95. The van der Waals surface area contributed by atoms with Crippen LogP contribution in [0, 0.1) is 11.8 Å². The van der Waals surface area contributed by atoms with Crippen molar-refractivity contribution >= 4 is 18.0 Å². The van der Waals surface area contributed by atoms with E-state index in [0.717, 1.165) is 35.1 Å². The van der Waals surface area contributed by atoms with Crippen molar-refractivity contribution in [2.24, 2.45) is 11.8 Å². The molecule has 0 heterocycles. The molecule has 0 aromatic heterocycles. The van der Waals surface area contributed by atoms with Crippen molar-refractivity contribution in [1.29, 1.82) is 0 Å². The molecule has 0 aliphatic heterocycles. The van der Waals surface area contributed by atoms with Crippen LogP contribution in [0.1, 0.15) is 36.3 Å². The van der Waals surface area contributed by atoms with E-state index in [0.29, 0.717) is 6.42 Å². The van der Waals surface area contributed by atoms with E-state index in [9.17, 15) is 14.4 Å². The highest BCUT2D eigenvalue weighted by Crippen LogP contribution is 2.44. The van der Waals surface area contributed by atoms with E-state index >= 15 is 0 Å². The van der Waals surface area contributed by atoms with Crippen LogP contribution in [0.5, 0.6) is 0 Å². The van der Waals surface area contributed by atoms with E-state index in [-0.39, 0.29) is 25.0 Å². The molecule has 33 heavy (non-hydrogen) atoms. The Morgan fingerprint density at radius 3 is 2.24 bits per heavy atom. The zero-order chi connectivity index (χ0) is 23.4. The number of carboxylic acid groups (broad SMARTS) is 1. The van der Waals surface area contributed by atoms with Crippen LogP contribution in [0.25, 0.3) is 11.1 Å². The number of amides is 2. The van der Waals surface area contributed by atoms with Crippen LogP contribution in [-0.4, -0.2) is 54.0 Å². The molecule has 1 saturated carbocycles. The molecular formula is C25H28N2O6. The molecule has 4 N–H and O–H groups in total. The zero-order valence-corrected chi connectivity index (χ0v) is 18.2. The minimum atomic E-state index is -1.33. The van der Waals surface area contributed by atoms with Crippen LogP contribution in [0.3, 0.4) is 0 Å². The number of carboxylic acids is 1. The average molecular weight is 453 g/mol. The van der Waals surface area contributed by atoms with Gasteiger partial charge in [-0.25, -0.2) is 9.59 Å². The Kier molecular flexibility index (Phi) is 6.93. The number of aliphatic carboxylic acids is 1. The molecule has 174 valence electrons. The first kappa shape index (κ1) is 22.8. The topological polar surface area (TPSA) is 125 Å². The van der Waals surface area contributed by atoms with E-state index in [1.165, 1.54) is 0 Å². The molecule has 1 unspecified atom stereocenters. The van der Waals surface area contributed by atoms with Crippen LogP contribution in [0.15, 0.2) is 48.5 Å². The van der Waals surface area contributed by atoms with Crippen molar-refractivity contribution in [3.63, 3.8) is 0 Å². The fraction of sp³-hybridized carbons (Fsp3) is 0.400. The molecular weight excluding hydrogens is 424 g/mol. The first-order valence-corrected chi connectivity index (χ1v) is 11.2. The number of hydrogen-bond donors (Lipinski definition) is 4. The van der Waals surface area contributed by atoms with E-state index in [4.69, 9.17) is 14.9 Å². The number of benzene rings is 2. The third-order valence-corrected chi connectivity index (χ3v) is 6.65. The number of alkyl carbamates (subject to hydrolysis) is 1. The minimum absolute atomic E-state index is 0.0282. The lowest BCUT2D eigenvalue weighted by Crippen LogP contribution is -2.47. The van der Waals surface area contributed by atoms with Gasteiger partial charge in [-0.1, -0.05) is 55.0 Å². The second-order valence-electron chi connectivity index (χ2n) is 8.59. The highest BCUT2D eigenvalue weighted by atomic mass is 16.5. The molecule has 0 bridgehead atoms.